The molecule has 5 atom stereocenters. The van der Waals surface area contributed by atoms with Crippen molar-refractivity contribution < 1.29 is 28.7 Å². The van der Waals surface area contributed by atoms with Crippen LogP contribution in [0.15, 0.2) is 53.4 Å². The molecule has 2 aromatic rings. The number of rotatable bonds is 7. The number of ether oxygens (including phenoxy) is 2. The maximum absolute atomic E-state index is 13.8. The Labute approximate surface area is 274 Å². The van der Waals surface area contributed by atoms with Gasteiger partial charge in [-0.15, -0.1) is 11.8 Å². The summed E-state index contributed by atoms with van der Waals surface area (Å²) in [6.07, 6.45) is 4.08. The maximum atomic E-state index is 13.8. The fourth-order valence-electron chi connectivity index (χ4n) is 7.29. The Morgan fingerprint density at radius 1 is 0.978 bits per heavy atom. The van der Waals surface area contributed by atoms with Gasteiger partial charge >= 0.3 is 0 Å². The number of carbonyl (C=O) groups is 4. The highest BCUT2D eigenvalue weighted by atomic mass is 32.2. The zero-order valence-corrected chi connectivity index (χ0v) is 27.3. The van der Waals surface area contributed by atoms with E-state index in [1.54, 1.807) is 18.7 Å². The second kappa shape index (κ2) is 14.8. The average molecular weight is 649 g/mol. The summed E-state index contributed by atoms with van der Waals surface area (Å²) < 4.78 is 11.3. The van der Waals surface area contributed by atoms with Crippen molar-refractivity contribution in [2.75, 3.05) is 38.6 Å². The SMILES string of the molecule is C[C@H]1NC(=O)[C@H](CCc2ccccc2)NC(=O)CCC[C@H]2[C@@H]3C[C@@H](CN(C(=O)CCSc4ccc5c(c4)OCCO5)C3)CN2C1=O. The lowest BCUT2D eigenvalue weighted by atomic mass is 9.77. The van der Waals surface area contributed by atoms with Crippen LogP contribution in [-0.4, -0.2) is 90.2 Å². The van der Waals surface area contributed by atoms with E-state index >= 15 is 0 Å². The normalized spacial score (nSPS) is 26.6. The predicted molar refractivity (Wildman–Crippen MR) is 175 cm³/mol. The Kier molecular flexibility index (Phi) is 10.4. The number of amides is 4. The van der Waals surface area contributed by atoms with E-state index < -0.39 is 12.1 Å². The van der Waals surface area contributed by atoms with Crippen LogP contribution in [0, 0.1) is 11.8 Å². The first-order valence-electron chi connectivity index (χ1n) is 16.6. The van der Waals surface area contributed by atoms with Crippen LogP contribution in [-0.2, 0) is 25.6 Å². The largest absolute Gasteiger partial charge is 0.486 e. The van der Waals surface area contributed by atoms with E-state index in [-0.39, 0.29) is 41.5 Å². The number of hydrogen-bond donors (Lipinski definition) is 2. The van der Waals surface area contributed by atoms with Crippen molar-refractivity contribution in [3.63, 3.8) is 0 Å². The van der Waals surface area contributed by atoms with E-state index in [4.69, 9.17) is 9.47 Å². The van der Waals surface area contributed by atoms with Crippen LogP contribution in [0.3, 0.4) is 0 Å². The molecule has 10 nitrogen and oxygen atoms in total. The molecule has 46 heavy (non-hydrogen) atoms. The van der Waals surface area contributed by atoms with Crippen LogP contribution in [0.4, 0.5) is 0 Å². The fraction of sp³-hybridized carbons (Fsp3) is 0.543. The van der Waals surface area contributed by atoms with Gasteiger partial charge in [0.05, 0.1) is 0 Å². The highest BCUT2D eigenvalue weighted by Gasteiger charge is 2.44. The van der Waals surface area contributed by atoms with Gasteiger partial charge in [0.1, 0.15) is 25.3 Å². The van der Waals surface area contributed by atoms with Crippen molar-refractivity contribution in [2.24, 2.45) is 11.8 Å². The van der Waals surface area contributed by atoms with Gasteiger partial charge in [0.2, 0.25) is 23.6 Å². The third-order valence-electron chi connectivity index (χ3n) is 9.55. The first kappa shape index (κ1) is 32.2. The number of nitrogens with zero attached hydrogens (tertiary/aromatic N) is 2. The van der Waals surface area contributed by atoms with E-state index in [0.29, 0.717) is 77.1 Å². The Bertz CT molecular complexity index is 1420. The predicted octanol–water partition coefficient (Wildman–Crippen LogP) is 3.42. The molecule has 11 heteroatoms. The molecular weight excluding hydrogens is 604 g/mol. The molecule has 6 rings (SSSR count). The topological polar surface area (TPSA) is 117 Å². The van der Waals surface area contributed by atoms with Gasteiger partial charge in [-0.2, -0.15) is 0 Å². The molecular formula is C35H44N4O6S. The highest BCUT2D eigenvalue weighted by Crippen LogP contribution is 2.37. The van der Waals surface area contributed by atoms with Crippen molar-refractivity contribution in [1.82, 2.24) is 20.4 Å². The number of hydrogen-bond acceptors (Lipinski definition) is 7. The number of fused-ring (bicyclic) bond motifs is 5. The second-order valence-electron chi connectivity index (χ2n) is 12.9. The van der Waals surface area contributed by atoms with Crippen molar-refractivity contribution >= 4 is 35.4 Å². The van der Waals surface area contributed by atoms with Gasteiger partial charge < -0.3 is 29.9 Å². The number of piperidine rings is 2. The summed E-state index contributed by atoms with van der Waals surface area (Å²) in [4.78, 5) is 58.5. The summed E-state index contributed by atoms with van der Waals surface area (Å²) in [5, 5.41) is 5.84. The lowest BCUT2D eigenvalue weighted by Crippen LogP contribution is -2.63. The molecule has 3 saturated heterocycles. The smallest absolute Gasteiger partial charge is 0.245 e. The molecule has 0 spiro atoms. The van der Waals surface area contributed by atoms with Gasteiger partial charge in [0.25, 0.3) is 0 Å². The van der Waals surface area contributed by atoms with Gasteiger partial charge in [-0.1, -0.05) is 30.3 Å². The average Bonchev–Trinajstić information content (AvgIpc) is 3.06. The van der Waals surface area contributed by atoms with Crippen LogP contribution in [0.2, 0.25) is 0 Å². The third-order valence-corrected chi connectivity index (χ3v) is 10.5. The first-order valence-corrected chi connectivity index (χ1v) is 17.6. The summed E-state index contributed by atoms with van der Waals surface area (Å²) in [5.41, 5.74) is 1.09. The third kappa shape index (κ3) is 7.79. The van der Waals surface area contributed by atoms with E-state index in [1.807, 2.05) is 58.3 Å². The van der Waals surface area contributed by atoms with Crippen LogP contribution >= 0.6 is 11.8 Å². The summed E-state index contributed by atoms with van der Waals surface area (Å²) in [6.45, 7) is 4.62. The number of benzene rings is 2. The van der Waals surface area contributed by atoms with Gasteiger partial charge in [0, 0.05) is 49.2 Å². The molecule has 4 heterocycles. The minimum Gasteiger partial charge on any atom is -0.486 e. The van der Waals surface area contributed by atoms with Crippen molar-refractivity contribution in [1.29, 1.82) is 0 Å². The molecule has 246 valence electrons. The molecule has 0 saturated carbocycles. The van der Waals surface area contributed by atoms with Gasteiger partial charge in [0.15, 0.2) is 11.5 Å². The molecule has 2 aromatic carbocycles. The zero-order chi connectivity index (χ0) is 32.0. The van der Waals surface area contributed by atoms with E-state index in [2.05, 4.69) is 10.6 Å². The molecule has 0 aromatic heterocycles. The van der Waals surface area contributed by atoms with Gasteiger partial charge in [-0.3, -0.25) is 19.2 Å². The molecule has 0 unspecified atom stereocenters. The Morgan fingerprint density at radius 2 is 1.78 bits per heavy atom. The Hall–Kier alpha value is -3.73. The number of carbonyl (C=O) groups excluding carboxylic acids is 4. The maximum Gasteiger partial charge on any atom is 0.245 e. The minimum atomic E-state index is -0.709. The van der Waals surface area contributed by atoms with E-state index in [0.717, 1.165) is 28.4 Å². The monoisotopic (exact) mass is 648 g/mol. The minimum absolute atomic E-state index is 0.0769. The second-order valence-corrected chi connectivity index (χ2v) is 14.1. The van der Waals surface area contributed by atoms with E-state index in [9.17, 15) is 19.2 Å². The molecule has 4 amide bonds. The van der Waals surface area contributed by atoms with Crippen LogP contribution in [0.25, 0.3) is 0 Å². The number of aryl methyl sites for hydroxylation is 1. The molecule has 3 fully saturated rings. The zero-order valence-electron chi connectivity index (χ0n) is 26.5. The summed E-state index contributed by atoms with van der Waals surface area (Å²) in [5.74, 6) is 2.06. The fourth-order valence-corrected chi connectivity index (χ4v) is 8.16. The lowest BCUT2D eigenvalue weighted by Gasteiger charge is -2.51. The summed E-state index contributed by atoms with van der Waals surface area (Å²) in [6, 6.07) is 14.3. The lowest BCUT2D eigenvalue weighted by molar-refractivity contribution is -0.148. The Morgan fingerprint density at radius 3 is 2.61 bits per heavy atom. The number of thioether (sulfide) groups is 1. The molecule has 4 aliphatic rings. The summed E-state index contributed by atoms with van der Waals surface area (Å²) in [7, 11) is 0. The molecule has 2 bridgehead atoms. The first-order chi connectivity index (χ1) is 22.3. The number of nitrogens with one attached hydrogen (secondary N) is 2. The van der Waals surface area contributed by atoms with Crippen molar-refractivity contribution in [3.8, 4) is 11.5 Å². The van der Waals surface area contributed by atoms with Crippen LogP contribution in [0.5, 0.6) is 11.5 Å². The van der Waals surface area contributed by atoms with Gasteiger partial charge in [-0.05, 0) is 74.6 Å². The quantitative estimate of drug-likeness (QED) is 0.442. The van der Waals surface area contributed by atoms with Gasteiger partial charge in [-0.25, -0.2) is 0 Å². The van der Waals surface area contributed by atoms with Crippen LogP contribution < -0.4 is 20.1 Å². The molecule has 4 aliphatic heterocycles. The standard InChI is InChI=1S/C35H44N4O6S/c1-23-35(43)39-21-25-18-26(22-38(20-25)33(41)14-17-46-27-11-13-30-31(19-27)45-16-15-44-30)29(39)8-5-9-32(40)37-28(34(42)36-23)12-10-24-6-3-2-4-7-24/h2-4,6-7,11,13,19,23,25-26,28-29H,5,8-10,12,14-18,20-22H2,1H3,(H,36,42)(H,37,40)/t23-,25+,26-,28+,29+/m1/s1. The number of likely N-dealkylation sites (tertiary alicyclic amines) is 1. The molecule has 2 N–H and O–H groups in total. The van der Waals surface area contributed by atoms with Crippen molar-refractivity contribution in [2.45, 2.75) is 74.9 Å². The Balaban J connectivity index is 1.06. The van der Waals surface area contributed by atoms with Crippen molar-refractivity contribution in [3.05, 3.63) is 54.1 Å². The molecule has 0 radical (unpaired) electrons. The summed E-state index contributed by atoms with van der Waals surface area (Å²) >= 11 is 1.63. The van der Waals surface area contributed by atoms with E-state index in [1.165, 1.54) is 0 Å². The van der Waals surface area contributed by atoms with Crippen LogP contribution in [0.1, 0.15) is 51.0 Å². The highest BCUT2D eigenvalue weighted by molar-refractivity contribution is 7.99. The molecule has 0 aliphatic carbocycles.